The molecule has 0 N–H and O–H groups in total. The minimum absolute atomic E-state index is 0.0755. The average Bonchev–Trinajstić information content (AvgIpc) is 2.40. The van der Waals surface area contributed by atoms with Gasteiger partial charge in [0.2, 0.25) is 5.12 Å². The van der Waals surface area contributed by atoms with Crippen molar-refractivity contribution in [2.24, 2.45) is 0 Å². The molecule has 3 heteroatoms. The Kier molecular flexibility index (Phi) is 4.05. The van der Waals surface area contributed by atoms with Gasteiger partial charge in [-0.05, 0) is 48.2 Å². The number of rotatable bonds is 3. The van der Waals surface area contributed by atoms with Crippen LogP contribution >= 0.6 is 11.8 Å². The minimum Gasteiger partial charge on any atom is -0.378 e. The fourth-order valence-electron chi connectivity index (χ4n) is 1.55. The quantitative estimate of drug-likeness (QED) is 0.782. The van der Waals surface area contributed by atoms with Crippen LogP contribution in [0.5, 0.6) is 0 Å². The van der Waals surface area contributed by atoms with Gasteiger partial charge in [0.15, 0.2) is 0 Å². The van der Waals surface area contributed by atoms with Crippen LogP contribution in [0.25, 0.3) is 0 Å². The zero-order chi connectivity index (χ0) is 13.0. The van der Waals surface area contributed by atoms with E-state index < -0.39 is 0 Å². The van der Waals surface area contributed by atoms with Crippen molar-refractivity contribution < 1.29 is 4.79 Å². The summed E-state index contributed by atoms with van der Waals surface area (Å²) in [6.45, 7) is 0. The topological polar surface area (TPSA) is 20.3 Å². The summed E-state index contributed by atoms with van der Waals surface area (Å²) in [5.41, 5.74) is 1.82. The van der Waals surface area contributed by atoms with Crippen molar-refractivity contribution in [1.29, 1.82) is 0 Å². The van der Waals surface area contributed by atoms with E-state index in [9.17, 15) is 4.79 Å². The van der Waals surface area contributed by atoms with Crippen LogP contribution in [-0.2, 0) is 0 Å². The Labute approximate surface area is 112 Å². The van der Waals surface area contributed by atoms with E-state index in [1.165, 1.54) is 11.8 Å². The van der Waals surface area contributed by atoms with Crippen molar-refractivity contribution in [2.45, 2.75) is 4.90 Å². The fraction of sp³-hybridized carbons (Fsp3) is 0.133. The molecule has 2 nitrogen and oxygen atoms in total. The number of hydrogen-bond acceptors (Lipinski definition) is 3. The van der Waals surface area contributed by atoms with E-state index in [-0.39, 0.29) is 5.12 Å². The fourth-order valence-corrected chi connectivity index (χ4v) is 2.31. The first-order valence-corrected chi connectivity index (χ1v) is 6.53. The van der Waals surface area contributed by atoms with Crippen molar-refractivity contribution in [3.8, 4) is 0 Å². The van der Waals surface area contributed by atoms with E-state index in [2.05, 4.69) is 0 Å². The van der Waals surface area contributed by atoms with Gasteiger partial charge < -0.3 is 4.90 Å². The van der Waals surface area contributed by atoms with E-state index in [0.29, 0.717) is 0 Å². The SMILES string of the molecule is CN(C)c1ccc(C(=O)Sc2ccccc2)cc1. The lowest BCUT2D eigenvalue weighted by molar-refractivity contribution is 0.108. The molecule has 2 aromatic rings. The van der Waals surface area contributed by atoms with Gasteiger partial charge in [0.1, 0.15) is 0 Å². The van der Waals surface area contributed by atoms with E-state index in [0.717, 1.165) is 16.1 Å². The summed E-state index contributed by atoms with van der Waals surface area (Å²) in [6.07, 6.45) is 0. The molecule has 2 rings (SSSR count). The molecule has 0 heterocycles. The molecular weight excluding hydrogens is 242 g/mol. The Hall–Kier alpha value is -1.74. The van der Waals surface area contributed by atoms with Gasteiger partial charge in [0.25, 0.3) is 0 Å². The summed E-state index contributed by atoms with van der Waals surface area (Å²) in [5, 5.41) is 0.0755. The number of carbonyl (C=O) groups is 1. The smallest absolute Gasteiger partial charge is 0.224 e. The van der Waals surface area contributed by atoms with E-state index in [4.69, 9.17) is 0 Å². The second kappa shape index (κ2) is 5.74. The number of carbonyl (C=O) groups excluding carboxylic acids is 1. The second-order valence-corrected chi connectivity index (χ2v) is 5.19. The summed E-state index contributed by atoms with van der Waals surface area (Å²) >= 11 is 1.26. The van der Waals surface area contributed by atoms with Crippen LogP contribution < -0.4 is 4.90 Å². The first kappa shape index (κ1) is 12.7. The lowest BCUT2D eigenvalue weighted by Crippen LogP contribution is -2.08. The molecule has 0 atom stereocenters. The van der Waals surface area contributed by atoms with Crippen LogP contribution in [0.4, 0.5) is 5.69 Å². The number of nitrogens with zero attached hydrogens (tertiary/aromatic N) is 1. The highest BCUT2D eigenvalue weighted by molar-refractivity contribution is 8.14. The molecule has 0 fully saturated rings. The van der Waals surface area contributed by atoms with Crippen LogP contribution in [-0.4, -0.2) is 19.2 Å². The molecule has 0 aliphatic carbocycles. The van der Waals surface area contributed by atoms with Gasteiger partial charge in [0, 0.05) is 30.2 Å². The average molecular weight is 257 g/mol. The van der Waals surface area contributed by atoms with Gasteiger partial charge >= 0.3 is 0 Å². The van der Waals surface area contributed by atoms with Gasteiger partial charge in [-0.1, -0.05) is 18.2 Å². The highest BCUT2D eigenvalue weighted by Gasteiger charge is 2.07. The zero-order valence-electron chi connectivity index (χ0n) is 10.5. The van der Waals surface area contributed by atoms with Crippen LogP contribution in [0.2, 0.25) is 0 Å². The lowest BCUT2D eigenvalue weighted by Gasteiger charge is -2.12. The number of benzene rings is 2. The maximum Gasteiger partial charge on any atom is 0.224 e. The Bertz CT molecular complexity index is 520. The van der Waals surface area contributed by atoms with Crippen LogP contribution in [0.15, 0.2) is 59.5 Å². The van der Waals surface area contributed by atoms with Crippen molar-refractivity contribution in [2.75, 3.05) is 19.0 Å². The van der Waals surface area contributed by atoms with Gasteiger partial charge in [-0.3, -0.25) is 4.79 Å². The molecule has 0 aromatic heterocycles. The highest BCUT2D eigenvalue weighted by Crippen LogP contribution is 2.23. The third-order valence-corrected chi connectivity index (χ3v) is 3.50. The summed E-state index contributed by atoms with van der Waals surface area (Å²) in [7, 11) is 3.96. The van der Waals surface area contributed by atoms with Crippen molar-refractivity contribution in [1.82, 2.24) is 0 Å². The molecule has 0 bridgehead atoms. The molecule has 0 amide bonds. The van der Waals surface area contributed by atoms with E-state index >= 15 is 0 Å². The molecule has 0 aliphatic rings. The van der Waals surface area contributed by atoms with Crippen LogP contribution in [0, 0.1) is 0 Å². The monoisotopic (exact) mass is 257 g/mol. The summed E-state index contributed by atoms with van der Waals surface area (Å²) in [4.78, 5) is 15.0. The molecule has 92 valence electrons. The maximum atomic E-state index is 12.0. The van der Waals surface area contributed by atoms with E-state index in [1.807, 2.05) is 73.6 Å². The van der Waals surface area contributed by atoms with Gasteiger partial charge in [0.05, 0.1) is 0 Å². The molecular formula is C15H15NOS. The normalized spacial score (nSPS) is 10.1. The van der Waals surface area contributed by atoms with Gasteiger partial charge in [-0.25, -0.2) is 0 Å². The van der Waals surface area contributed by atoms with Gasteiger partial charge in [-0.2, -0.15) is 0 Å². The Balaban J connectivity index is 2.10. The van der Waals surface area contributed by atoms with Crippen LogP contribution in [0.3, 0.4) is 0 Å². The Morgan fingerprint density at radius 1 is 0.944 bits per heavy atom. The summed E-state index contributed by atoms with van der Waals surface area (Å²) < 4.78 is 0. The third kappa shape index (κ3) is 3.14. The maximum absolute atomic E-state index is 12.0. The predicted octanol–water partition coefficient (Wildman–Crippen LogP) is 3.69. The molecule has 0 saturated heterocycles. The molecule has 2 aromatic carbocycles. The molecule has 0 saturated carbocycles. The number of anilines is 1. The van der Waals surface area contributed by atoms with E-state index in [1.54, 1.807) is 0 Å². The Morgan fingerprint density at radius 2 is 1.56 bits per heavy atom. The Morgan fingerprint density at radius 3 is 2.11 bits per heavy atom. The molecule has 0 aliphatic heterocycles. The highest BCUT2D eigenvalue weighted by atomic mass is 32.2. The third-order valence-electron chi connectivity index (χ3n) is 2.57. The van der Waals surface area contributed by atoms with Crippen LogP contribution in [0.1, 0.15) is 10.4 Å². The summed E-state index contributed by atoms with van der Waals surface area (Å²) in [6, 6.07) is 17.3. The lowest BCUT2D eigenvalue weighted by atomic mass is 10.2. The molecule has 18 heavy (non-hydrogen) atoms. The number of thioether (sulfide) groups is 1. The molecule has 0 radical (unpaired) electrons. The van der Waals surface area contributed by atoms with Gasteiger partial charge in [-0.15, -0.1) is 0 Å². The minimum atomic E-state index is 0.0755. The molecule has 0 spiro atoms. The van der Waals surface area contributed by atoms with Crippen molar-refractivity contribution in [3.05, 3.63) is 60.2 Å². The predicted molar refractivity (Wildman–Crippen MR) is 77.4 cm³/mol. The van der Waals surface area contributed by atoms with Crippen molar-refractivity contribution >= 4 is 22.6 Å². The number of hydrogen-bond donors (Lipinski definition) is 0. The first-order chi connectivity index (χ1) is 8.66. The summed E-state index contributed by atoms with van der Waals surface area (Å²) in [5.74, 6) is 0. The standard InChI is InChI=1S/C15H15NOS/c1-16(2)13-10-8-12(9-11-13)15(17)18-14-6-4-3-5-7-14/h3-11H,1-2H3. The largest absolute Gasteiger partial charge is 0.378 e. The second-order valence-electron chi connectivity index (χ2n) is 4.14. The zero-order valence-corrected chi connectivity index (χ0v) is 11.3. The van der Waals surface area contributed by atoms with Crippen molar-refractivity contribution in [3.63, 3.8) is 0 Å². The first-order valence-electron chi connectivity index (χ1n) is 5.71. The molecule has 0 unspecified atom stereocenters.